The highest BCUT2D eigenvalue weighted by Crippen LogP contribution is 2.21. The molecule has 1 N–H and O–H groups in total. The molecule has 0 bridgehead atoms. The standard InChI is InChI=1S/C17H23N3O4/c1-9(2)23-17(22)14-11(4)15(18-12(14)5)16(21)20(6)8-13-7-10(3)24-19-13/h7,9,18H,8H2,1-6H3. The average Bonchev–Trinajstić information content (AvgIpc) is 3.00. The molecule has 2 aromatic rings. The molecule has 0 aromatic carbocycles. The Morgan fingerprint density at radius 2 is 2.00 bits per heavy atom. The van der Waals surface area contributed by atoms with Crippen LogP contribution < -0.4 is 0 Å². The van der Waals surface area contributed by atoms with E-state index in [1.807, 2.05) is 0 Å². The van der Waals surface area contributed by atoms with Gasteiger partial charge in [0.05, 0.1) is 18.2 Å². The van der Waals surface area contributed by atoms with Crippen LogP contribution in [0.5, 0.6) is 0 Å². The third-order valence-corrected chi connectivity index (χ3v) is 3.62. The van der Waals surface area contributed by atoms with E-state index in [-0.39, 0.29) is 12.0 Å². The Morgan fingerprint density at radius 3 is 2.54 bits per heavy atom. The third kappa shape index (κ3) is 3.67. The molecule has 0 fully saturated rings. The molecule has 1 amide bonds. The predicted octanol–water partition coefficient (Wildman–Crippen LogP) is 2.77. The summed E-state index contributed by atoms with van der Waals surface area (Å²) in [6.07, 6.45) is -0.219. The number of carbonyl (C=O) groups is 2. The van der Waals surface area contributed by atoms with Gasteiger partial charge in [0.15, 0.2) is 0 Å². The summed E-state index contributed by atoms with van der Waals surface area (Å²) < 4.78 is 10.3. The van der Waals surface area contributed by atoms with Crippen LogP contribution in [0.25, 0.3) is 0 Å². The van der Waals surface area contributed by atoms with Gasteiger partial charge in [-0.2, -0.15) is 0 Å². The number of nitrogens with zero attached hydrogens (tertiary/aromatic N) is 2. The van der Waals surface area contributed by atoms with Crippen LogP contribution in [0.2, 0.25) is 0 Å². The average molecular weight is 333 g/mol. The van der Waals surface area contributed by atoms with Crippen LogP contribution in [-0.2, 0) is 11.3 Å². The van der Waals surface area contributed by atoms with Crippen molar-refractivity contribution in [2.24, 2.45) is 0 Å². The molecule has 0 aliphatic rings. The second-order valence-electron chi connectivity index (χ2n) is 6.17. The molecule has 24 heavy (non-hydrogen) atoms. The lowest BCUT2D eigenvalue weighted by Crippen LogP contribution is -2.27. The van der Waals surface area contributed by atoms with Crippen molar-refractivity contribution >= 4 is 11.9 Å². The van der Waals surface area contributed by atoms with Crippen LogP contribution in [0.3, 0.4) is 0 Å². The van der Waals surface area contributed by atoms with E-state index in [1.165, 1.54) is 4.90 Å². The summed E-state index contributed by atoms with van der Waals surface area (Å²) in [5.41, 5.74) is 2.67. The van der Waals surface area contributed by atoms with E-state index in [0.717, 1.165) is 0 Å². The van der Waals surface area contributed by atoms with Crippen LogP contribution in [0.1, 0.15) is 57.4 Å². The molecule has 2 heterocycles. The van der Waals surface area contributed by atoms with Crippen molar-refractivity contribution in [3.63, 3.8) is 0 Å². The van der Waals surface area contributed by atoms with Gasteiger partial charge in [-0.3, -0.25) is 4.79 Å². The highest BCUT2D eigenvalue weighted by atomic mass is 16.5. The summed E-state index contributed by atoms with van der Waals surface area (Å²) in [6.45, 7) is 9.18. The summed E-state index contributed by atoms with van der Waals surface area (Å²) in [7, 11) is 1.67. The minimum atomic E-state index is -0.426. The smallest absolute Gasteiger partial charge is 0.340 e. The monoisotopic (exact) mass is 333 g/mol. The maximum Gasteiger partial charge on any atom is 0.340 e. The van der Waals surface area contributed by atoms with Gasteiger partial charge in [0.25, 0.3) is 5.91 Å². The Labute approximate surface area is 141 Å². The molecular weight excluding hydrogens is 310 g/mol. The molecule has 0 saturated carbocycles. The minimum absolute atomic E-state index is 0.219. The SMILES string of the molecule is Cc1cc(CN(C)C(=O)c2[nH]c(C)c(C(=O)OC(C)C)c2C)no1. The molecule has 7 heteroatoms. The molecule has 0 radical (unpaired) electrons. The van der Waals surface area contributed by atoms with Gasteiger partial charge in [-0.1, -0.05) is 5.16 Å². The predicted molar refractivity (Wildman–Crippen MR) is 87.9 cm³/mol. The summed E-state index contributed by atoms with van der Waals surface area (Å²) in [5, 5.41) is 3.88. The number of rotatable bonds is 5. The van der Waals surface area contributed by atoms with Crippen LogP contribution in [0.4, 0.5) is 0 Å². The second-order valence-corrected chi connectivity index (χ2v) is 6.17. The fourth-order valence-corrected chi connectivity index (χ4v) is 2.54. The van der Waals surface area contributed by atoms with E-state index in [2.05, 4.69) is 10.1 Å². The van der Waals surface area contributed by atoms with Crippen molar-refractivity contribution in [1.82, 2.24) is 15.0 Å². The molecular formula is C17H23N3O4. The zero-order chi connectivity index (χ0) is 18.0. The van der Waals surface area contributed by atoms with Crippen molar-refractivity contribution in [2.75, 3.05) is 7.05 Å². The van der Waals surface area contributed by atoms with E-state index in [1.54, 1.807) is 47.7 Å². The maximum absolute atomic E-state index is 12.7. The zero-order valence-electron chi connectivity index (χ0n) is 14.9. The van der Waals surface area contributed by atoms with E-state index in [0.29, 0.717) is 40.5 Å². The quantitative estimate of drug-likeness (QED) is 0.850. The fourth-order valence-electron chi connectivity index (χ4n) is 2.54. The van der Waals surface area contributed by atoms with Crippen LogP contribution >= 0.6 is 0 Å². The van der Waals surface area contributed by atoms with Gasteiger partial charge in [0, 0.05) is 18.8 Å². The molecule has 0 saturated heterocycles. The summed E-state index contributed by atoms with van der Waals surface area (Å²) >= 11 is 0. The number of ether oxygens (including phenoxy) is 1. The molecule has 2 aromatic heterocycles. The Balaban J connectivity index is 2.22. The largest absolute Gasteiger partial charge is 0.459 e. The van der Waals surface area contributed by atoms with Crippen molar-refractivity contribution in [3.8, 4) is 0 Å². The van der Waals surface area contributed by atoms with Crippen molar-refractivity contribution in [1.29, 1.82) is 0 Å². The van der Waals surface area contributed by atoms with Gasteiger partial charge in [0.2, 0.25) is 0 Å². The summed E-state index contributed by atoms with van der Waals surface area (Å²) in [5.74, 6) is 0.0430. The normalized spacial score (nSPS) is 11.0. The lowest BCUT2D eigenvalue weighted by Gasteiger charge is -2.15. The van der Waals surface area contributed by atoms with Crippen LogP contribution in [0.15, 0.2) is 10.6 Å². The van der Waals surface area contributed by atoms with Gasteiger partial charge < -0.3 is 19.1 Å². The number of H-pyrrole nitrogens is 1. The molecule has 0 spiro atoms. The summed E-state index contributed by atoms with van der Waals surface area (Å²) in [6, 6.07) is 1.78. The van der Waals surface area contributed by atoms with Crippen molar-refractivity contribution in [3.05, 3.63) is 40.0 Å². The molecule has 0 aliphatic heterocycles. The molecule has 2 rings (SSSR count). The first-order valence-electron chi connectivity index (χ1n) is 7.78. The number of amides is 1. The van der Waals surface area contributed by atoms with Crippen LogP contribution in [-0.4, -0.2) is 40.1 Å². The molecule has 0 atom stereocenters. The van der Waals surface area contributed by atoms with Gasteiger partial charge in [0.1, 0.15) is 17.1 Å². The van der Waals surface area contributed by atoms with E-state index < -0.39 is 5.97 Å². The molecule has 0 unspecified atom stereocenters. The number of aryl methyl sites for hydroxylation is 2. The third-order valence-electron chi connectivity index (χ3n) is 3.62. The molecule has 7 nitrogen and oxygen atoms in total. The second kappa shape index (κ2) is 6.90. The number of carbonyl (C=O) groups excluding carboxylic acids is 2. The lowest BCUT2D eigenvalue weighted by atomic mass is 10.1. The Hall–Kier alpha value is -2.57. The van der Waals surface area contributed by atoms with Crippen molar-refractivity contribution < 1.29 is 18.8 Å². The van der Waals surface area contributed by atoms with E-state index in [4.69, 9.17) is 9.26 Å². The maximum atomic E-state index is 12.7. The lowest BCUT2D eigenvalue weighted by molar-refractivity contribution is 0.0376. The first-order chi connectivity index (χ1) is 11.2. The Kier molecular flexibility index (Phi) is 5.11. The number of hydrogen-bond acceptors (Lipinski definition) is 5. The number of hydrogen-bond donors (Lipinski definition) is 1. The van der Waals surface area contributed by atoms with Gasteiger partial charge >= 0.3 is 5.97 Å². The first-order valence-corrected chi connectivity index (χ1v) is 7.78. The van der Waals surface area contributed by atoms with E-state index in [9.17, 15) is 9.59 Å². The Morgan fingerprint density at radius 1 is 1.33 bits per heavy atom. The zero-order valence-corrected chi connectivity index (χ0v) is 14.9. The number of aromatic amines is 1. The highest BCUT2D eigenvalue weighted by Gasteiger charge is 2.25. The van der Waals surface area contributed by atoms with Gasteiger partial charge in [-0.15, -0.1) is 0 Å². The summed E-state index contributed by atoms with van der Waals surface area (Å²) in [4.78, 5) is 29.4. The molecule has 130 valence electrons. The van der Waals surface area contributed by atoms with Crippen LogP contribution in [0, 0.1) is 20.8 Å². The van der Waals surface area contributed by atoms with E-state index >= 15 is 0 Å². The molecule has 0 aliphatic carbocycles. The van der Waals surface area contributed by atoms with Gasteiger partial charge in [-0.05, 0) is 40.2 Å². The van der Waals surface area contributed by atoms with Crippen molar-refractivity contribution in [2.45, 2.75) is 47.3 Å². The highest BCUT2D eigenvalue weighted by molar-refractivity contribution is 6.00. The number of nitrogens with one attached hydrogen (secondary N) is 1. The Bertz CT molecular complexity index is 758. The minimum Gasteiger partial charge on any atom is -0.459 e. The topological polar surface area (TPSA) is 88.4 Å². The van der Waals surface area contributed by atoms with Gasteiger partial charge in [-0.25, -0.2) is 4.79 Å². The number of esters is 1. The number of aromatic nitrogens is 2. The first kappa shape index (κ1) is 17.8. The fraction of sp³-hybridized carbons (Fsp3) is 0.471.